The predicted octanol–water partition coefficient (Wildman–Crippen LogP) is -0.810. The minimum atomic E-state index is -0.0285. The quantitative estimate of drug-likeness (QED) is 0.642. The van der Waals surface area contributed by atoms with Crippen LogP contribution in [-0.4, -0.2) is 50.4 Å². The van der Waals surface area contributed by atoms with Gasteiger partial charge in [0, 0.05) is 33.6 Å². The molecule has 0 aromatic rings. The maximum absolute atomic E-state index is 11.8. The van der Waals surface area contributed by atoms with Gasteiger partial charge in [-0.25, -0.2) is 0 Å². The highest BCUT2D eigenvalue weighted by Gasteiger charge is 2.25. The van der Waals surface area contributed by atoms with Crippen molar-refractivity contribution in [1.82, 2.24) is 15.5 Å². The van der Waals surface area contributed by atoms with Crippen LogP contribution in [0.25, 0.3) is 0 Å². The summed E-state index contributed by atoms with van der Waals surface area (Å²) in [6.07, 6.45) is 1.28. The van der Waals surface area contributed by atoms with Crippen LogP contribution in [0.2, 0.25) is 0 Å². The second kappa shape index (κ2) is 5.70. The van der Waals surface area contributed by atoms with Crippen molar-refractivity contribution < 1.29 is 9.59 Å². The third-order valence-corrected chi connectivity index (χ3v) is 2.74. The van der Waals surface area contributed by atoms with Gasteiger partial charge < -0.3 is 15.5 Å². The molecule has 0 aromatic carbocycles. The van der Waals surface area contributed by atoms with E-state index in [-0.39, 0.29) is 17.7 Å². The molecule has 86 valence electrons. The van der Waals surface area contributed by atoms with Crippen LogP contribution in [0.15, 0.2) is 0 Å². The molecule has 1 aliphatic heterocycles. The first-order chi connectivity index (χ1) is 7.15. The molecule has 1 saturated heterocycles. The lowest BCUT2D eigenvalue weighted by Crippen LogP contribution is -2.36. The Morgan fingerprint density at radius 3 is 2.80 bits per heavy atom. The average Bonchev–Trinajstić information content (AvgIpc) is 2.77. The van der Waals surface area contributed by atoms with Crippen molar-refractivity contribution in [2.24, 2.45) is 5.92 Å². The number of carbonyl (C=O) groups excluding carboxylic acids is 2. The standard InChI is InChI=1S/C10H19N3O2/c1-11-9(14)4-6-13(2)10(15)8-3-5-12-7-8/h8,12H,3-7H2,1-2H3,(H,11,14)/t8-/m0/s1. The van der Waals surface area contributed by atoms with E-state index in [1.165, 1.54) is 0 Å². The molecule has 1 atom stereocenters. The average molecular weight is 213 g/mol. The van der Waals surface area contributed by atoms with E-state index in [1.54, 1.807) is 19.0 Å². The third kappa shape index (κ3) is 3.51. The summed E-state index contributed by atoms with van der Waals surface area (Å²) < 4.78 is 0. The SMILES string of the molecule is CNC(=O)CCN(C)C(=O)[C@H]1CCNC1. The Morgan fingerprint density at radius 2 is 2.27 bits per heavy atom. The van der Waals surface area contributed by atoms with Gasteiger partial charge in [-0.3, -0.25) is 9.59 Å². The van der Waals surface area contributed by atoms with Crippen molar-refractivity contribution in [3.05, 3.63) is 0 Å². The molecule has 1 aliphatic rings. The molecule has 0 aliphatic carbocycles. The van der Waals surface area contributed by atoms with Crippen LogP contribution in [0.1, 0.15) is 12.8 Å². The van der Waals surface area contributed by atoms with Crippen LogP contribution in [0.5, 0.6) is 0 Å². The summed E-state index contributed by atoms with van der Waals surface area (Å²) in [5.74, 6) is 0.211. The lowest BCUT2D eigenvalue weighted by atomic mass is 10.1. The van der Waals surface area contributed by atoms with Gasteiger partial charge in [-0.15, -0.1) is 0 Å². The van der Waals surface area contributed by atoms with Crippen molar-refractivity contribution in [3.63, 3.8) is 0 Å². The van der Waals surface area contributed by atoms with E-state index in [9.17, 15) is 9.59 Å². The van der Waals surface area contributed by atoms with Gasteiger partial charge in [0.05, 0.1) is 5.92 Å². The largest absolute Gasteiger partial charge is 0.359 e. The lowest BCUT2D eigenvalue weighted by Gasteiger charge is -2.20. The molecule has 2 amide bonds. The zero-order valence-corrected chi connectivity index (χ0v) is 9.38. The van der Waals surface area contributed by atoms with E-state index >= 15 is 0 Å². The summed E-state index contributed by atoms with van der Waals surface area (Å²) >= 11 is 0. The van der Waals surface area contributed by atoms with Crippen LogP contribution < -0.4 is 10.6 Å². The summed E-state index contributed by atoms with van der Waals surface area (Å²) in [6, 6.07) is 0. The highest BCUT2D eigenvalue weighted by atomic mass is 16.2. The molecule has 0 bridgehead atoms. The molecular weight excluding hydrogens is 194 g/mol. The normalized spacial score (nSPS) is 20.0. The maximum atomic E-state index is 11.8. The fourth-order valence-electron chi connectivity index (χ4n) is 1.68. The molecule has 0 saturated carbocycles. The summed E-state index contributed by atoms with van der Waals surface area (Å²) in [6.45, 7) is 2.18. The Labute approximate surface area is 90.2 Å². The van der Waals surface area contributed by atoms with Crippen molar-refractivity contribution in [1.29, 1.82) is 0 Å². The number of nitrogens with one attached hydrogen (secondary N) is 2. The first-order valence-electron chi connectivity index (χ1n) is 5.31. The monoisotopic (exact) mass is 213 g/mol. The van der Waals surface area contributed by atoms with Crippen LogP contribution in [0, 0.1) is 5.92 Å². The zero-order valence-electron chi connectivity index (χ0n) is 9.38. The van der Waals surface area contributed by atoms with Crippen molar-refractivity contribution in [3.8, 4) is 0 Å². The molecule has 1 heterocycles. The van der Waals surface area contributed by atoms with Crippen LogP contribution in [0.4, 0.5) is 0 Å². The van der Waals surface area contributed by atoms with E-state index in [4.69, 9.17) is 0 Å². The minimum absolute atomic E-state index is 0.0285. The zero-order chi connectivity index (χ0) is 11.3. The molecule has 15 heavy (non-hydrogen) atoms. The van der Waals surface area contributed by atoms with Gasteiger partial charge in [-0.2, -0.15) is 0 Å². The Kier molecular flexibility index (Phi) is 4.55. The summed E-state index contributed by atoms with van der Waals surface area (Å²) in [7, 11) is 3.36. The number of rotatable bonds is 4. The Hall–Kier alpha value is -1.10. The molecule has 5 nitrogen and oxygen atoms in total. The fourth-order valence-corrected chi connectivity index (χ4v) is 1.68. The topological polar surface area (TPSA) is 61.4 Å². The first kappa shape index (κ1) is 12.0. The molecule has 0 spiro atoms. The summed E-state index contributed by atoms with van der Waals surface area (Å²) in [5, 5.41) is 5.70. The smallest absolute Gasteiger partial charge is 0.226 e. The Balaban J connectivity index is 2.29. The number of hydrogen-bond acceptors (Lipinski definition) is 3. The number of hydrogen-bond donors (Lipinski definition) is 2. The predicted molar refractivity (Wildman–Crippen MR) is 57.3 cm³/mol. The molecule has 1 rings (SSSR count). The third-order valence-electron chi connectivity index (χ3n) is 2.74. The second-order valence-electron chi connectivity index (χ2n) is 3.87. The maximum Gasteiger partial charge on any atom is 0.226 e. The number of carbonyl (C=O) groups is 2. The van der Waals surface area contributed by atoms with Gasteiger partial charge in [0.2, 0.25) is 11.8 Å². The van der Waals surface area contributed by atoms with Gasteiger partial charge in [-0.1, -0.05) is 0 Å². The van der Waals surface area contributed by atoms with Crippen molar-refractivity contribution >= 4 is 11.8 Å². The molecule has 1 fully saturated rings. The van der Waals surface area contributed by atoms with E-state index in [0.29, 0.717) is 13.0 Å². The highest BCUT2D eigenvalue weighted by molar-refractivity contribution is 5.80. The molecule has 0 radical (unpaired) electrons. The van der Waals surface area contributed by atoms with Crippen LogP contribution in [-0.2, 0) is 9.59 Å². The Morgan fingerprint density at radius 1 is 1.53 bits per heavy atom. The van der Waals surface area contributed by atoms with E-state index in [2.05, 4.69) is 10.6 Å². The molecule has 0 unspecified atom stereocenters. The van der Waals surface area contributed by atoms with Crippen molar-refractivity contribution in [2.75, 3.05) is 33.7 Å². The summed E-state index contributed by atoms with van der Waals surface area (Å²) in [5.41, 5.74) is 0. The Bertz CT molecular complexity index is 237. The lowest BCUT2D eigenvalue weighted by molar-refractivity contribution is -0.134. The van der Waals surface area contributed by atoms with E-state index in [0.717, 1.165) is 19.5 Å². The molecule has 5 heteroatoms. The van der Waals surface area contributed by atoms with E-state index < -0.39 is 0 Å². The van der Waals surface area contributed by atoms with Gasteiger partial charge in [0.15, 0.2) is 0 Å². The number of amides is 2. The van der Waals surface area contributed by atoms with Gasteiger partial charge in [0.25, 0.3) is 0 Å². The van der Waals surface area contributed by atoms with Crippen LogP contribution in [0.3, 0.4) is 0 Å². The minimum Gasteiger partial charge on any atom is -0.359 e. The van der Waals surface area contributed by atoms with E-state index in [1.807, 2.05) is 0 Å². The van der Waals surface area contributed by atoms with Gasteiger partial charge in [0.1, 0.15) is 0 Å². The first-order valence-corrected chi connectivity index (χ1v) is 5.31. The molecular formula is C10H19N3O2. The van der Waals surface area contributed by atoms with Gasteiger partial charge in [-0.05, 0) is 13.0 Å². The summed E-state index contributed by atoms with van der Waals surface area (Å²) in [4.78, 5) is 24.4. The van der Waals surface area contributed by atoms with Gasteiger partial charge >= 0.3 is 0 Å². The molecule has 0 aromatic heterocycles. The second-order valence-corrected chi connectivity index (χ2v) is 3.87. The van der Waals surface area contributed by atoms with Crippen molar-refractivity contribution in [2.45, 2.75) is 12.8 Å². The fraction of sp³-hybridized carbons (Fsp3) is 0.800. The highest BCUT2D eigenvalue weighted by Crippen LogP contribution is 2.10. The molecule has 2 N–H and O–H groups in total. The number of nitrogens with zero attached hydrogens (tertiary/aromatic N) is 1. The van der Waals surface area contributed by atoms with Crippen LogP contribution >= 0.6 is 0 Å².